The second kappa shape index (κ2) is 13.1. The van der Waals surface area contributed by atoms with Crippen LogP contribution in [-0.2, 0) is 16.1 Å². The average molecular weight is 554 g/mol. The van der Waals surface area contributed by atoms with Gasteiger partial charge in [-0.3, -0.25) is 4.79 Å². The second-order valence-electron chi connectivity index (χ2n) is 7.08. The Balaban J connectivity index is 0.00000363. The van der Waals surface area contributed by atoms with Gasteiger partial charge in [-0.2, -0.15) is 0 Å². The minimum absolute atomic E-state index is 0. The van der Waals surface area contributed by atoms with Gasteiger partial charge in [-0.15, -0.1) is 24.0 Å². The van der Waals surface area contributed by atoms with Crippen LogP contribution in [0, 0.1) is 0 Å². The highest BCUT2D eigenvalue weighted by Crippen LogP contribution is 2.29. The molecule has 0 radical (unpaired) electrons. The van der Waals surface area contributed by atoms with E-state index < -0.39 is 0 Å². The first-order valence-corrected chi connectivity index (χ1v) is 10.4. The monoisotopic (exact) mass is 554 g/mol. The molecule has 1 unspecified atom stereocenters. The van der Waals surface area contributed by atoms with Crippen LogP contribution in [-0.4, -0.2) is 45.3 Å². The Morgan fingerprint density at radius 1 is 1.09 bits per heavy atom. The van der Waals surface area contributed by atoms with E-state index in [0.29, 0.717) is 30.6 Å². The number of anilines is 2. The molecule has 32 heavy (non-hydrogen) atoms. The highest BCUT2D eigenvalue weighted by Gasteiger charge is 2.23. The molecule has 1 heterocycles. The summed E-state index contributed by atoms with van der Waals surface area (Å²) in [7, 11) is 3.21. The molecule has 3 rings (SSSR count). The number of benzene rings is 2. The highest BCUT2D eigenvalue weighted by molar-refractivity contribution is 14.0. The fourth-order valence-electron chi connectivity index (χ4n) is 3.28. The van der Waals surface area contributed by atoms with E-state index in [1.54, 1.807) is 14.2 Å². The van der Waals surface area contributed by atoms with E-state index >= 15 is 0 Å². The lowest BCUT2D eigenvalue weighted by atomic mass is 10.2. The van der Waals surface area contributed by atoms with Gasteiger partial charge < -0.3 is 30.2 Å². The first-order chi connectivity index (χ1) is 15.1. The van der Waals surface area contributed by atoms with E-state index in [-0.39, 0.29) is 36.0 Å². The summed E-state index contributed by atoms with van der Waals surface area (Å²) in [6.07, 6.45) is 1.34. The van der Waals surface area contributed by atoms with Gasteiger partial charge in [0, 0.05) is 30.6 Å². The van der Waals surface area contributed by atoms with E-state index in [9.17, 15) is 4.79 Å². The molecule has 9 heteroatoms. The second-order valence-corrected chi connectivity index (χ2v) is 7.08. The first-order valence-electron chi connectivity index (χ1n) is 10.4. The zero-order chi connectivity index (χ0) is 22.1. The predicted molar refractivity (Wildman–Crippen MR) is 137 cm³/mol. The van der Waals surface area contributed by atoms with Crippen molar-refractivity contribution in [2.24, 2.45) is 4.99 Å². The lowest BCUT2D eigenvalue weighted by Crippen LogP contribution is -2.30. The number of carbonyl (C=O) groups is 1. The van der Waals surface area contributed by atoms with Gasteiger partial charge in [0.25, 0.3) is 5.91 Å². The summed E-state index contributed by atoms with van der Waals surface area (Å²) >= 11 is 0. The predicted octanol–water partition coefficient (Wildman–Crippen LogP) is 4.02. The molecule has 0 saturated carbocycles. The summed E-state index contributed by atoms with van der Waals surface area (Å²) in [6.45, 7) is 3.82. The minimum atomic E-state index is -0.354. The molecule has 1 aliphatic heterocycles. The zero-order valence-corrected chi connectivity index (χ0v) is 21.0. The van der Waals surface area contributed by atoms with Crippen LogP contribution in [0.2, 0.25) is 0 Å². The van der Waals surface area contributed by atoms with E-state index in [0.717, 1.165) is 36.3 Å². The summed E-state index contributed by atoms with van der Waals surface area (Å²) in [5.41, 5.74) is 2.55. The maximum atomic E-state index is 12.3. The normalized spacial score (nSPS) is 15.5. The number of amides is 1. The van der Waals surface area contributed by atoms with Gasteiger partial charge >= 0.3 is 0 Å². The Kier molecular flexibility index (Phi) is 10.5. The van der Waals surface area contributed by atoms with Crippen molar-refractivity contribution in [2.75, 3.05) is 38.0 Å². The number of guanidine groups is 1. The Bertz CT molecular complexity index is 917. The summed E-state index contributed by atoms with van der Waals surface area (Å²) in [4.78, 5) is 16.9. The zero-order valence-electron chi connectivity index (χ0n) is 18.6. The molecule has 3 N–H and O–H groups in total. The molecule has 1 fully saturated rings. The van der Waals surface area contributed by atoms with Crippen molar-refractivity contribution in [3.05, 3.63) is 48.0 Å². The number of nitrogens with zero attached hydrogens (tertiary/aromatic N) is 1. The van der Waals surface area contributed by atoms with Gasteiger partial charge in [0.15, 0.2) is 17.5 Å². The minimum Gasteiger partial charge on any atom is -0.493 e. The standard InChI is InChI=1S/C23H30N4O4.HI/c1-4-24-23(27-18-10-11-19(29-2)21(14-18)30-3)25-15-16-7-5-8-17(13-16)26-22(28)20-9-6-12-31-20;/h5,7-8,10-11,13-14,20H,4,6,9,12,15H2,1-3H3,(H,26,28)(H2,24,25,27);1H. The molecule has 2 aromatic rings. The number of rotatable bonds is 8. The summed E-state index contributed by atoms with van der Waals surface area (Å²) in [5, 5.41) is 9.44. The quantitative estimate of drug-likeness (QED) is 0.260. The van der Waals surface area contributed by atoms with Crippen LogP contribution in [0.15, 0.2) is 47.5 Å². The molecule has 1 saturated heterocycles. The molecular formula is C23H31IN4O4. The number of aliphatic imine (C=N–C) groups is 1. The molecule has 0 bridgehead atoms. The third kappa shape index (κ3) is 7.27. The van der Waals surface area contributed by atoms with Crippen LogP contribution in [0.4, 0.5) is 11.4 Å². The van der Waals surface area contributed by atoms with Crippen LogP contribution < -0.4 is 25.4 Å². The van der Waals surface area contributed by atoms with Crippen LogP contribution >= 0.6 is 24.0 Å². The Labute approximate surface area is 206 Å². The van der Waals surface area contributed by atoms with Crippen LogP contribution in [0.25, 0.3) is 0 Å². The van der Waals surface area contributed by atoms with E-state index in [1.807, 2.05) is 49.4 Å². The van der Waals surface area contributed by atoms with Gasteiger partial charge in [0.1, 0.15) is 6.10 Å². The maximum Gasteiger partial charge on any atom is 0.253 e. The van der Waals surface area contributed by atoms with Gasteiger partial charge in [0.05, 0.1) is 20.8 Å². The third-order valence-corrected chi connectivity index (χ3v) is 4.83. The fraction of sp³-hybridized carbons (Fsp3) is 0.391. The summed E-state index contributed by atoms with van der Waals surface area (Å²) in [5.74, 6) is 1.85. The van der Waals surface area contributed by atoms with Crippen molar-refractivity contribution in [1.82, 2.24) is 5.32 Å². The van der Waals surface area contributed by atoms with Gasteiger partial charge in [0.2, 0.25) is 0 Å². The van der Waals surface area contributed by atoms with Crippen molar-refractivity contribution in [2.45, 2.75) is 32.4 Å². The van der Waals surface area contributed by atoms with Crippen molar-refractivity contribution >= 4 is 47.2 Å². The Hall–Kier alpha value is -2.53. The van der Waals surface area contributed by atoms with Gasteiger partial charge in [-0.25, -0.2) is 4.99 Å². The summed E-state index contributed by atoms with van der Waals surface area (Å²) < 4.78 is 16.1. The number of halogens is 1. The van der Waals surface area contributed by atoms with Crippen molar-refractivity contribution in [1.29, 1.82) is 0 Å². The number of nitrogens with one attached hydrogen (secondary N) is 3. The molecule has 0 aromatic heterocycles. The average Bonchev–Trinajstić information content (AvgIpc) is 3.33. The number of hydrogen-bond donors (Lipinski definition) is 3. The van der Waals surface area contributed by atoms with Gasteiger partial charge in [-0.1, -0.05) is 12.1 Å². The van der Waals surface area contributed by atoms with E-state index in [2.05, 4.69) is 20.9 Å². The van der Waals surface area contributed by atoms with E-state index in [1.165, 1.54) is 0 Å². The molecule has 174 valence electrons. The lowest BCUT2D eigenvalue weighted by Gasteiger charge is -2.14. The molecule has 0 aliphatic carbocycles. The SMILES string of the molecule is CCNC(=NCc1cccc(NC(=O)C2CCCO2)c1)Nc1ccc(OC)c(OC)c1.I. The molecule has 2 aromatic carbocycles. The molecule has 0 spiro atoms. The molecule has 1 amide bonds. The molecule has 8 nitrogen and oxygen atoms in total. The fourth-order valence-corrected chi connectivity index (χ4v) is 3.28. The van der Waals surface area contributed by atoms with Crippen LogP contribution in [0.3, 0.4) is 0 Å². The van der Waals surface area contributed by atoms with Crippen LogP contribution in [0.1, 0.15) is 25.3 Å². The van der Waals surface area contributed by atoms with Crippen molar-refractivity contribution in [3.63, 3.8) is 0 Å². The highest BCUT2D eigenvalue weighted by atomic mass is 127. The smallest absolute Gasteiger partial charge is 0.253 e. The largest absolute Gasteiger partial charge is 0.493 e. The van der Waals surface area contributed by atoms with E-state index in [4.69, 9.17) is 14.2 Å². The number of methoxy groups -OCH3 is 2. The maximum absolute atomic E-state index is 12.3. The summed E-state index contributed by atoms with van der Waals surface area (Å²) in [6, 6.07) is 13.3. The molecule has 1 atom stereocenters. The van der Waals surface area contributed by atoms with Crippen molar-refractivity contribution < 1.29 is 19.0 Å². The number of ether oxygens (including phenoxy) is 3. The van der Waals surface area contributed by atoms with Gasteiger partial charge in [-0.05, 0) is 49.6 Å². The number of carbonyl (C=O) groups excluding carboxylic acids is 1. The molecular weight excluding hydrogens is 523 g/mol. The molecule has 1 aliphatic rings. The van der Waals surface area contributed by atoms with Crippen LogP contribution in [0.5, 0.6) is 11.5 Å². The first kappa shape index (κ1) is 25.7. The van der Waals surface area contributed by atoms with Crippen molar-refractivity contribution in [3.8, 4) is 11.5 Å². The lowest BCUT2D eigenvalue weighted by molar-refractivity contribution is -0.124. The number of hydrogen-bond acceptors (Lipinski definition) is 5. The third-order valence-electron chi connectivity index (χ3n) is 4.83. The Morgan fingerprint density at radius 3 is 2.56 bits per heavy atom. The Morgan fingerprint density at radius 2 is 1.88 bits per heavy atom. The topological polar surface area (TPSA) is 93.2 Å².